The average Bonchev–Trinajstić information content (AvgIpc) is 3.18. The zero-order valence-electron chi connectivity index (χ0n) is 18.1. The zero-order chi connectivity index (χ0) is 22.1. The fraction of sp³-hybridized carbons (Fsp3) is 0.292. The molecule has 1 aromatic carbocycles. The third-order valence-corrected chi connectivity index (χ3v) is 6.01. The number of aryl methyl sites for hydroxylation is 1. The van der Waals surface area contributed by atoms with Crippen molar-refractivity contribution < 1.29 is 0 Å². The molecule has 0 atom stereocenters. The highest BCUT2D eigenvalue weighted by Gasteiger charge is 2.18. The van der Waals surface area contributed by atoms with Crippen molar-refractivity contribution in [1.82, 2.24) is 29.0 Å². The molecule has 0 bridgehead atoms. The van der Waals surface area contributed by atoms with Gasteiger partial charge in [0.2, 0.25) is 0 Å². The predicted octanol–water partition coefficient (Wildman–Crippen LogP) is 1.80. The standard InChI is InChI=1S/C24H26N6O2/c1-18-3-2-4-19(13-18)16-27-9-11-28(12-10-27)17-20-5-8-30-21(14-20)22(15-25-30)29-7-6-23(31)26-24(29)32/h2-8,13-15H,9-12,16-17H2,1H3,(H,26,31,32). The van der Waals surface area contributed by atoms with Gasteiger partial charge in [-0.3, -0.25) is 24.1 Å². The van der Waals surface area contributed by atoms with Crippen LogP contribution in [0.1, 0.15) is 16.7 Å². The second-order valence-corrected chi connectivity index (χ2v) is 8.42. The van der Waals surface area contributed by atoms with E-state index >= 15 is 0 Å². The molecule has 0 spiro atoms. The van der Waals surface area contributed by atoms with Gasteiger partial charge in [0.25, 0.3) is 5.56 Å². The fourth-order valence-corrected chi connectivity index (χ4v) is 4.33. The molecule has 1 saturated heterocycles. The average molecular weight is 431 g/mol. The fourth-order valence-electron chi connectivity index (χ4n) is 4.33. The minimum Gasteiger partial charge on any atom is -0.297 e. The molecule has 1 N–H and O–H groups in total. The lowest BCUT2D eigenvalue weighted by Crippen LogP contribution is -2.45. The van der Waals surface area contributed by atoms with Gasteiger partial charge in [0.05, 0.1) is 17.4 Å². The van der Waals surface area contributed by atoms with Gasteiger partial charge in [0, 0.05) is 57.7 Å². The van der Waals surface area contributed by atoms with Crippen LogP contribution in [0.3, 0.4) is 0 Å². The molecule has 8 heteroatoms. The monoisotopic (exact) mass is 430 g/mol. The number of H-pyrrole nitrogens is 1. The minimum absolute atomic E-state index is 0.412. The van der Waals surface area contributed by atoms with Crippen LogP contribution in [0, 0.1) is 6.92 Å². The van der Waals surface area contributed by atoms with Gasteiger partial charge < -0.3 is 0 Å². The second-order valence-electron chi connectivity index (χ2n) is 8.42. The highest BCUT2D eigenvalue weighted by molar-refractivity contribution is 5.64. The van der Waals surface area contributed by atoms with E-state index in [-0.39, 0.29) is 0 Å². The Morgan fingerprint density at radius 1 is 0.906 bits per heavy atom. The Hall–Kier alpha value is -3.49. The molecule has 0 radical (unpaired) electrons. The van der Waals surface area contributed by atoms with Gasteiger partial charge in [-0.15, -0.1) is 0 Å². The van der Waals surface area contributed by atoms with Crippen LogP contribution in [0.25, 0.3) is 11.2 Å². The van der Waals surface area contributed by atoms with Gasteiger partial charge in [-0.25, -0.2) is 9.31 Å². The Bertz CT molecular complexity index is 1360. The highest BCUT2D eigenvalue weighted by atomic mass is 16.2. The van der Waals surface area contributed by atoms with Crippen molar-refractivity contribution in [2.75, 3.05) is 26.2 Å². The van der Waals surface area contributed by atoms with Crippen LogP contribution in [0.4, 0.5) is 0 Å². The first-order chi connectivity index (χ1) is 15.5. The summed E-state index contributed by atoms with van der Waals surface area (Å²) in [7, 11) is 0. The summed E-state index contributed by atoms with van der Waals surface area (Å²) in [6.07, 6.45) is 5.04. The van der Waals surface area contributed by atoms with Crippen LogP contribution in [-0.4, -0.2) is 55.1 Å². The number of rotatable bonds is 5. The van der Waals surface area contributed by atoms with Crippen molar-refractivity contribution in [3.05, 3.63) is 98.6 Å². The van der Waals surface area contributed by atoms with Crippen LogP contribution in [0.15, 0.2) is 70.6 Å². The van der Waals surface area contributed by atoms with E-state index in [4.69, 9.17) is 0 Å². The molecule has 5 rings (SSSR count). The molecule has 0 unspecified atom stereocenters. The Labute approximate surface area is 185 Å². The summed E-state index contributed by atoms with van der Waals surface area (Å²) in [5, 5.41) is 4.35. The van der Waals surface area contributed by atoms with Crippen molar-refractivity contribution in [2.45, 2.75) is 20.0 Å². The zero-order valence-corrected chi connectivity index (χ0v) is 18.1. The van der Waals surface area contributed by atoms with Crippen molar-refractivity contribution >= 4 is 5.52 Å². The molecule has 0 saturated carbocycles. The summed E-state index contributed by atoms with van der Waals surface area (Å²) < 4.78 is 3.16. The van der Waals surface area contributed by atoms with Crippen molar-refractivity contribution in [1.29, 1.82) is 0 Å². The molecule has 8 nitrogen and oxygen atoms in total. The van der Waals surface area contributed by atoms with Gasteiger partial charge in [0.15, 0.2) is 0 Å². The highest BCUT2D eigenvalue weighted by Crippen LogP contribution is 2.18. The molecule has 1 aliphatic rings. The maximum absolute atomic E-state index is 12.2. The van der Waals surface area contributed by atoms with E-state index < -0.39 is 11.2 Å². The number of piperazine rings is 1. The molecule has 3 aromatic heterocycles. The lowest BCUT2D eigenvalue weighted by atomic mass is 10.1. The molecule has 32 heavy (non-hydrogen) atoms. The van der Waals surface area contributed by atoms with E-state index in [1.807, 2.05) is 6.20 Å². The quantitative estimate of drug-likeness (QED) is 0.522. The van der Waals surface area contributed by atoms with E-state index in [9.17, 15) is 9.59 Å². The number of pyridine rings is 1. The summed E-state index contributed by atoms with van der Waals surface area (Å²) in [5.41, 5.74) is 4.44. The molecule has 0 aliphatic carbocycles. The van der Waals surface area contributed by atoms with Crippen LogP contribution in [0.5, 0.6) is 0 Å². The Morgan fingerprint density at radius 3 is 2.31 bits per heavy atom. The van der Waals surface area contributed by atoms with Crippen molar-refractivity contribution in [2.24, 2.45) is 0 Å². The van der Waals surface area contributed by atoms with E-state index in [2.05, 4.69) is 63.2 Å². The number of nitrogens with zero attached hydrogens (tertiary/aromatic N) is 5. The van der Waals surface area contributed by atoms with E-state index in [1.165, 1.54) is 33.5 Å². The van der Waals surface area contributed by atoms with Gasteiger partial charge >= 0.3 is 5.69 Å². The summed E-state index contributed by atoms with van der Waals surface area (Å²) in [6.45, 7) is 8.10. The maximum Gasteiger partial charge on any atom is 0.333 e. The molecular formula is C24H26N6O2. The second kappa shape index (κ2) is 8.57. The van der Waals surface area contributed by atoms with Crippen molar-refractivity contribution in [3.8, 4) is 5.69 Å². The van der Waals surface area contributed by atoms with Crippen LogP contribution in [-0.2, 0) is 13.1 Å². The molecule has 1 aliphatic heterocycles. The largest absolute Gasteiger partial charge is 0.333 e. The lowest BCUT2D eigenvalue weighted by Gasteiger charge is -2.34. The van der Waals surface area contributed by atoms with Gasteiger partial charge in [-0.05, 0) is 30.2 Å². The van der Waals surface area contributed by atoms with E-state index in [0.29, 0.717) is 5.69 Å². The molecule has 164 valence electrons. The summed E-state index contributed by atoms with van der Waals surface area (Å²) in [4.78, 5) is 30.9. The summed E-state index contributed by atoms with van der Waals surface area (Å²) in [5.74, 6) is 0. The third kappa shape index (κ3) is 4.28. The number of aromatic nitrogens is 4. The topological polar surface area (TPSA) is 78.6 Å². The molecule has 4 aromatic rings. The lowest BCUT2D eigenvalue weighted by molar-refractivity contribution is 0.122. The van der Waals surface area contributed by atoms with E-state index in [0.717, 1.165) is 44.8 Å². The number of nitrogens with one attached hydrogen (secondary N) is 1. The van der Waals surface area contributed by atoms with Gasteiger partial charge in [0.1, 0.15) is 0 Å². The Balaban J connectivity index is 1.28. The molecule has 1 fully saturated rings. The minimum atomic E-state index is -0.470. The first-order valence-electron chi connectivity index (χ1n) is 10.8. The van der Waals surface area contributed by atoms with Crippen molar-refractivity contribution in [3.63, 3.8) is 0 Å². The molecule has 0 amide bonds. The normalized spacial score (nSPS) is 15.4. The van der Waals surface area contributed by atoms with Crippen LogP contribution in [0.2, 0.25) is 0 Å². The van der Waals surface area contributed by atoms with Crippen LogP contribution >= 0.6 is 0 Å². The van der Waals surface area contributed by atoms with E-state index in [1.54, 1.807) is 10.7 Å². The molecular weight excluding hydrogens is 404 g/mol. The first-order valence-corrected chi connectivity index (χ1v) is 10.8. The summed E-state index contributed by atoms with van der Waals surface area (Å²) in [6, 6.07) is 14.2. The number of fused-ring (bicyclic) bond motifs is 1. The van der Waals surface area contributed by atoms with Crippen LogP contribution < -0.4 is 11.2 Å². The number of aromatic amines is 1. The van der Waals surface area contributed by atoms with Gasteiger partial charge in [-0.1, -0.05) is 29.8 Å². The first kappa shape index (κ1) is 20.4. The number of hydrogen-bond donors (Lipinski definition) is 1. The molecule has 4 heterocycles. The third-order valence-electron chi connectivity index (χ3n) is 6.01. The maximum atomic E-state index is 12.2. The SMILES string of the molecule is Cc1cccc(CN2CCN(Cc3ccn4ncc(-n5ccc(=O)[nH]c5=O)c4c3)CC2)c1. The predicted molar refractivity (Wildman–Crippen MR) is 123 cm³/mol. The Morgan fingerprint density at radius 2 is 1.62 bits per heavy atom. The summed E-state index contributed by atoms with van der Waals surface area (Å²) >= 11 is 0. The number of hydrogen-bond acceptors (Lipinski definition) is 5. The van der Waals surface area contributed by atoms with Gasteiger partial charge in [-0.2, -0.15) is 5.10 Å². The number of benzene rings is 1. The smallest absolute Gasteiger partial charge is 0.297 e. The Kier molecular flexibility index (Phi) is 5.46.